The van der Waals surface area contributed by atoms with Gasteiger partial charge >= 0.3 is 0 Å². The van der Waals surface area contributed by atoms with Crippen LogP contribution >= 0.6 is 31.7 Å². The first-order valence-corrected chi connectivity index (χ1v) is 4.09. The SMILES string of the molecule is CC(P=O)C(=O)Cl.CCl. The zero-order valence-electron chi connectivity index (χ0n) is 5.10. The molecule has 0 saturated heterocycles. The van der Waals surface area contributed by atoms with Crippen molar-refractivity contribution in [2.45, 2.75) is 12.6 Å². The van der Waals surface area contributed by atoms with Crippen molar-refractivity contribution in [3.63, 3.8) is 0 Å². The number of carbonyl (C=O) groups is 1. The molecule has 0 aliphatic carbocycles. The van der Waals surface area contributed by atoms with E-state index in [1.807, 2.05) is 0 Å². The van der Waals surface area contributed by atoms with Crippen LogP contribution in [0, 0.1) is 0 Å². The highest BCUT2D eigenvalue weighted by Gasteiger charge is 2.06. The maximum absolute atomic E-state index is 9.93. The number of alkyl halides is 1. The molecule has 0 N–H and O–H groups in total. The Bertz CT molecular complexity index is 96.6. The van der Waals surface area contributed by atoms with E-state index in [0.29, 0.717) is 0 Å². The first-order valence-electron chi connectivity index (χ1n) is 2.08. The summed E-state index contributed by atoms with van der Waals surface area (Å²) in [6.07, 6.45) is 1.47. The summed E-state index contributed by atoms with van der Waals surface area (Å²) in [5.74, 6) is 0. The van der Waals surface area contributed by atoms with Crippen molar-refractivity contribution in [2.24, 2.45) is 0 Å². The number of rotatable bonds is 2. The Kier molecular flexibility index (Phi) is 11.2. The van der Waals surface area contributed by atoms with E-state index in [-0.39, 0.29) is 8.46 Å². The molecule has 0 aliphatic rings. The molecule has 0 spiro atoms. The monoisotopic (exact) mass is 188 g/mol. The van der Waals surface area contributed by atoms with Crippen molar-refractivity contribution >= 4 is 36.9 Å². The van der Waals surface area contributed by atoms with Gasteiger partial charge in [0.1, 0.15) is 5.66 Å². The zero-order valence-corrected chi connectivity index (χ0v) is 7.50. The van der Waals surface area contributed by atoms with Crippen molar-refractivity contribution in [3.8, 4) is 0 Å². The summed E-state index contributed by atoms with van der Waals surface area (Å²) in [7, 11) is -0.209. The van der Waals surface area contributed by atoms with Gasteiger partial charge in [0.2, 0.25) is 5.24 Å². The number of hydrogen-bond donors (Lipinski definition) is 0. The summed E-state index contributed by atoms with van der Waals surface area (Å²) in [6, 6.07) is 0. The van der Waals surface area contributed by atoms with Gasteiger partial charge in [0, 0.05) is 6.38 Å². The second kappa shape index (κ2) is 8.35. The molecule has 0 aliphatic heterocycles. The normalized spacial score (nSPS) is 11.6. The van der Waals surface area contributed by atoms with E-state index in [1.165, 1.54) is 13.3 Å². The van der Waals surface area contributed by atoms with E-state index >= 15 is 0 Å². The first kappa shape index (κ1) is 12.1. The molecule has 0 aromatic carbocycles. The van der Waals surface area contributed by atoms with Crippen LogP contribution in [0.5, 0.6) is 0 Å². The van der Waals surface area contributed by atoms with Gasteiger partial charge in [0.25, 0.3) is 0 Å². The minimum atomic E-state index is -0.559. The summed E-state index contributed by atoms with van der Waals surface area (Å²) < 4.78 is 9.74. The van der Waals surface area contributed by atoms with Gasteiger partial charge in [-0.15, -0.1) is 11.6 Å². The first-order chi connectivity index (χ1) is 4.18. The molecule has 0 heterocycles. The molecule has 0 radical (unpaired) electrons. The fourth-order valence-electron chi connectivity index (χ4n) is 0.0414. The van der Waals surface area contributed by atoms with E-state index in [1.54, 1.807) is 0 Å². The van der Waals surface area contributed by atoms with Gasteiger partial charge in [-0.25, -0.2) is 0 Å². The number of hydrogen-bond acceptors (Lipinski definition) is 2. The van der Waals surface area contributed by atoms with E-state index < -0.39 is 10.9 Å². The van der Waals surface area contributed by atoms with Gasteiger partial charge in [-0.3, -0.25) is 9.36 Å². The van der Waals surface area contributed by atoms with Gasteiger partial charge in [0.15, 0.2) is 8.46 Å². The van der Waals surface area contributed by atoms with Gasteiger partial charge < -0.3 is 0 Å². The molecule has 5 heteroatoms. The van der Waals surface area contributed by atoms with Crippen LogP contribution in [0.1, 0.15) is 6.92 Å². The average molecular weight is 189 g/mol. The van der Waals surface area contributed by atoms with Gasteiger partial charge in [-0.1, -0.05) is 0 Å². The average Bonchev–Trinajstić information content (AvgIpc) is 1.91. The largest absolute Gasteiger partial charge is 0.280 e. The van der Waals surface area contributed by atoms with Crippen LogP contribution in [0.15, 0.2) is 0 Å². The predicted octanol–water partition coefficient (Wildman–Crippen LogP) is 2.29. The molecule has 9 heavy (non-hydrogen) atoms. The molecular weight excluding hydrogens is 182 g/mol. The lowest BCUT2D eigenvalue weighted by Gasteiger charge is -1.85. The van der Waals surface area contributed by atoms with E-state index in [0.717, 1.165) is 0 Å². The molecule has 0 rings (SSSR count). The molecule has 0 aromatic rings. The Balaban J connectivity index is 0. The van der Waals surface area contributed by atoms with Crippen molar-refractivity contribution in [1.29, 1.82) is 0 Å². The standard InChI is InChI=1S/C3H4ClO2P.CH3Cl/c1-2(7-6)3(4)5;1-2/h2H,1H3;1H3. The third-order valence-electron chi connectivity index (χ3n) is 0.487. The summed E-state index contributed by atoms with van der Waals surface area (Å²) in [4.78, 5) is 9.93. The molecule has 0 amide bonds. The zero-order chi connectivity index (χ0) is 7.86. The third kappa shape index (κ3) is 8.35. The lowest BCUT2D eigenvalue weighted by Crippen LogP contribution is -1.99. The van der Waals surface area contributed by atoms with Crippen LogP contribution in [0.3, 0.4) is 0 Å². The number of carbonyl (C=O) groups excluding carboxylic acids is 1. The third-order valence-corrected chi connectivity index (χ3v) is 1.52. The Morgan fingerprint density at radius 1 is 1.56 bits per heavy atom. The Morgan fingerprint density at radius 3 is 1.89 bits per heavy atom. The molecular formula is C4H7Cl2O2P. The maximum atomic E-state index is 9.93. The second-order valence-corrected chi connectivity index (χ2v) is 2.44. The quantitative estimate of drug-likeness (QED) is 0.379. The number of halogens is 2. The molecule has 0 saturated carbocycles. The van der Waals surface area contributed by atoms with Gasteiger partial charge in [-0.05, 0) is 18.5 Å². The van der Waals surface area contributed by atoms with Crippen LogP contribution in [0.25, 0.3) is 0 Å². The maximum Gasteiger partial charge on any atom is 0.235 e. The fraction of sp³-hybridized carbons (Fsp3) is 0.750. The van der Waals surface area contributed by atoms with E-state index in [4.69, 9.17) is 11.6 Å². The smallest absolute Gasteiger partial charge is 0.235 e. The van der Waals surface area contributed by atoms with Crippen LogP contribution in [0.4, 0.5) is 0 Å². The highest BCUT2D eigenvalue weighted by molar-refractivity contribution is 7.27. The molecule has 1 unspecified atom stereocenters. The van der Waals surface area contributed by atoms with Crippen molar-refractivity contribution in [3.05, 3.63) is 0 Å². The molecule has 1 atom stereocenters. The minimum Gasteiger partial charge on any atom is -0.280 e. The summed E-state index contributed by atoms with van der Waals surface area (Å²) >= 11 is 9.52. The summed E-state index contributed by atoms with van der Waals surface area (Å²) in [6.45, 7) is 1.49. The van der Waals surface area contributed by atoms with Gasteiger partial charge in [-0.2, -0.15) is 0 Å². The molecule has 54 valence electrons. The second-order valence-electron chi connectivity index (χ2n) is 1.09. The molecule has 0 fully saturated rings. The van der Waals surface area contributed by atoms with Crippen LogP contribution in [-0.4, -0.2) is 17.3 Å². The topological polar surface area (TPSA) is 34.1 Å². The Labute approximate surface area is 65.7 Å². The highest BCUT2D eigenvalue weighted by Crippen LogP contribution is 2.07. The Morgan fingerprint density at radius 2 is 1.89 bits per heavy atom. The van der Waals surface area contributed by atoms with Crippen molar-refractivity contribution in [2.75, 3.05) is 6.38 Å². The molecule has 2 nitrogen and oxygen atoms in total. The minimum absolute atomic E-state index is 0.209. The van der Waals surface area contributed by atoms with Crippen molar-refractivity contribution in [1.82, 2.24) is 0 Å². The highest BCUT2D eigenvalue weighted by atomic mass is 35.5. The summed E-state index contributed by atoms with van der Waals surface area (Å²) in [5, 5.41) is -0.559. The fourth-order valence-corrected chi connectivity index (χ4v) is 0.244. The van der Waals surface area contributed by atoms with E-state index in [2.05, 4.69) is 11.6 Å². The molecule has 0 aromatic heterocycles. The lowest BCUT2D eigenvalue weighted by molar-refractivity contribution is -0.111. The van der Waals surface area contributed by atoms with E-state index in [9.17, 15) is 9.36 Å². The Hall–Kier alpha value is 0.350. The van der Waals surface area contributed by atoms with Crippen LogP contribution in [0.2, 0.25) is 0 Å². The lowest BCUT2D eigenvalue weighted by atomic mass is 10.5. The van der Waals surface area contributed by atoms with Crippen LogP contribution in [-0.2, 0) is 9.36 Å². The van der Waals surface area contributed by atoms with Gasteiger partial charge in [0.05, 0.1) is 0 Å². The summed E-state index contributed by atoms with van der Waals surface area (Å²) in [5.41, 5.74) is -0.554. The van der Waals surface area contributed by atoms with Crippen LogP contribution < -0.4 is 0 Å². The molecule has 0 bridgehead atoms. The van der Waals surface area contributed by atoms with Crippen molar-refractivity contribution < 1.29 is 9.36 Å². The predicted molar refractivity (Wildman–Crippen MR) is 39.7 cm³/mol.